The quantitative estimate of drug-likeness (QED) is 0.776. The van der Waals surface area contributed by atoms with Gasteiger partial charge in [-0.25, -0.2) is 4.98 Å². The molecule has 0 radical (unpaired) electrons. The lowest BCUT2D eigenvalue weighted by atomic mass is 10.1. The molecule has 0 spiro atoms. The van der Waals surface area contributed by atoms with Crippen molar-refractivity contribution < 1.29 is 13.2 Å². The van der Waals surface area contributed by atoms with Crippen LogP contribution in [0.25, 0.3) is 22.8 Å². The molecule has 0 amide bonds. The van der Waals surface area contributed by atoms with Crippen LogP contribution >= 0.6 is 0 Å². The number of aromatic nitrogens is 3. The van der Waals surface area contributed by atoms with Gasteiger partial charge in [0.1, 0.15) is 0 Å². The second kappa shape index (κ2) is 5.57. The molecule has 1 N–H and O–H groups in total. The lowest BCUT2D eigenvalue weighted by molar-refractivity contribution is -0.137. The average molecular weight is 314 g/mol. The Hall–Kier alpha value is -3.14. The standard InChI is InChI=1S/C16H9F3N4/c17-16(18,19)13-7-5-12(6-8-13)15-21-14(22-23-15)11-3-1-10(9-20)2-4-11/h1-8H,(H,21,22,23). The molecule has 0 fully saturated rings. The number of nitrogens with zero attached hydrogens (tertiary/aromatic N) is 3. The van der Waals surface area contributed by atoms with Crippen molar-refractivity contribution in [2.75, 3.05) is 0 Å². The van der Waals surface area contributed by atoms with Crippen molar-refractivity contribution in [2.24, 2.45) is 0 Å². The van der Waals surface area contributed by atoms with E-state index in [4.69, 9.17) is 5.26 Å². The van der Waals surface area contributed by atoms with Gasteiger partial charge in [-0.15, -0.1) is 0 Å². The smallest absolute Gasteiger partial charge is 0.259 e. The van der Waals surface area contributed by atoms with Crippen LogP contribution in [-0.2, 0) is 6.18 Å². The van der Waals surface area contributed by atoms with Gasteiger partial charge in [0.15, 0.2) is 11.6 Å². The van der Waals surface area contributed by atoms with E-state index in [0.717, 1.165) is 12.1 Å². The minimum Gasteiger partial charge on any atom is -0.259 e. The lowest BCUT2D eigenvalue weighted by Crippen LogP contribution is -2.04. The van der Waals surface area contributed by atoms with Gasteiger partial charge >= 0.3 is 6.18 Å². The molecule has 0 saturated heterocycles. The first-order valence-electron chi connectivity index (χ1n) is 6.58. The Bertz CT molecular complexity index is 856. The number of aromatic amines is 1. The molecule has 1 heterocycles. The van der Waals surface area contributed by atoms with E-state index in [0.29, 0.717) is 28.3 Å². The Morgan fingerprint density at radius 3 is 2.09 bits per heavy atom. The van der Waals surface area contributed by atoms with E-state index in [1.807, 2.05) is 6.07 Å². The van der Waals surface area contributed by atoms with Crippen molar-refractivity contribution in [3.63, 3.8) is 0 Å². The van der Waals surface area contributed by atoms with Crippen molar-refractivity contribution in [3.8, 4) is 28.8 Å². The number of nitrogens with one attached hydrogen (secondary N) is 1. The third-order valence-electron chi connectivity index (χ3n) is 3.24. The van der Waals surface area contributed by atoms with Gasteiger partial charge in [-0.2, -0.15) is 23.5 Å². The number of alkyl halides is 3. The summed E-state index contributed by atoms with van der Waals surface area (Å²) < 4.78 is 37.7. The summed E-state index contributed by atoms with van der Waals surface area (Å²) in [5.74, 6) is 0.780. The highest BCUT2D eigenvalue weighted by Crippen LogP contribution is 2.30. The molecule has 0 aliphatic heterocycles. The Labute approximate surface area is 129 Å². The van der Waals surface area contributed by atoms with E-state index < -0.39 is 11.7 Å². The van der Waals surface area contributed by atoms with Crippen LogP contribution in [0.1, 0.15) is 11.1 Å². The first-order chi connectivity index (χ1) is 11.0. The SMILES string of the molecule is N#Cc1ccc(-c2n[nH]c(-c3ccc(C(F)(F)F)cc3)n2)cc1. The van der Waals surface area contributed by atoms with Crippen molar-refractivity contribution in [1.29, 1.82) is 5.26 Å². The van der Waals surface area contributed by atoms with E-state index >= 15 is 0 Å². The molecule has 1 aromatic heterocycles. The van der Waals surface area contributed by atoms with Crippen LogP contribution in [0, 0.1) is 11.3 Å². The van der Waals surface area contributed by atoms with Crippen molar-refractivity contribution in [2.45, 2.75) is 6.18 Å². The van der Waals surface area contributed by atoms with Gasteiger partial charge < -0.3 is 0 Å². The maximum atomic E-state index is 12.6. The molecule has 0 unspecified atom stereocenters. The second-order valence-corrected chi connectivity index (χ2v) is 4.77. The van der Waals surface area contributed by atoms with Crippen molar-refractivity contribution in [3.05, 3.63) is 59.7 Å². The van der Waals surface area contributed by atoms with Gasteiger partial charge in [0.05, 0.1) is 17.2 Å². The Morgan fingerprint density at radius 2 is 1.52 bits per heavy atom. The summed E-state index contributed by atoms with van der Waals surface area (Å²) in [5, 5.41) is 15.5. The highest BCUT2D eigenvalue weighted by atomic mass is 19.4. The van der Waals surface area contributed by atoms with E-state index in [9.17, 15) is 13.2 Å². The second-order valence-electron chi connectivity index (χ2n) is 4.77. The molecule has 0 aliphatic rings. The normalized spacial score (nSPS) is 11.2. The first kappa shape index (κ1) is 14.8. The van der Waals surface area contributed by atoms with E-state index in [2.05, 4.69) is 15.2 Å². The highest BCUT2D eigenvalue weighted by Gasteiger charge is 2.30. The van der Waals surface area contributed by atoms with Crippen LogP contribution in [0.3, 0.4) is 0 Å². The van der Waals surface area contributed by atoms with Crippen LogP contribution < -0.4 is 0 Å². The molecule has 114 valence electrons. The van der Waals surface area contributed by atoms with Crippen LogP contribution in [0.15, 0.2) is 48.5 Å². The maximum Gasteiger partial charge on any atom is 0.416 e. The molecule has 0 aliphatic carbocycles. The molecule has 0 atom stereocenters. The van der Waals surface area contributed by atoms with E-state index in [1.54, 1.807) is 24.3 Å². The average Bonchev–Trinajstić information content (AvgIpc) is 3.04. The topological polar surface area (TPSA) is 65.4 Å². The van der Waals surface area contributed by atoms with Crippen LogP contribution in [0.5, 0.6) is 0 Å². The van der Waals surface area contributed by atoms with Gasteiger partial charge in [-0.3, -0.25) is 5.10 Å². The molecular weight excluding hydrogens is 305 g/mol. The third-order valence-corrected chi connectivity index (χ3v) is 3.24. The summed E-state index contributed by atoms with van der Waals surface area (Å²) in [6, 6.07) is 13.4. The molecule has 0 bridgehead atoms. The number of nitriles is 1. The largest absolute Gasteiger partial charge is 0.416 e. The fraction of sp³-hybridized carbons (Fsp3) is 0.0625. The van der Waals surface area contributed by atoms with Gasteiger partial charge in [-0.05, 0) is 36.4 Å². The highest BCUT2D eigenvalue weighted by molar-refractivity contribution is 5.62. The molecular formula is C16H9F3N4. The summed E-state index contributed by atoms with van der Waals surface area (Å²) in [6.45, 7) is 0. The van der Waals surface area contributed by atoms with Crippen LogP contribution in [0.4, 0.5) is 13.2 Å². The van der Waals surface area contributed by atoms with E-state index in [-0.39, 0.29) is 0 Å². The Kier molecular flexibility index (Phi) is 3.58. The van der Waals surface area contributed by atoms with Crippen LogP contribution in [0.2, 0.25) is 0 Å². The zero-order valence-corrected chi connectivity index (χ0v) is 11.6. The fourth-order valence-corrected chi connectivity index (χ4v) is 2.03. The molecule has 23 heavy (non-hydrogen) atoms. The number of halogens is 3. The van der Waals surface area contributed by atoms with Gasteiger partial charge in [-0.1, -0.05) is 12.1 Å². The molecule has 7 heteroatoms. The summed E-state index contributed by atoms with van der Waals surface area (Å²) in [7, 11) is 0. The summed E-state index contributed by atoms with van der Waals surface area (Å²) >= 11 is 0. The molecule has 4 nitrogen and oxygen atoms in total. The summed E-state index contributed by atoms with van der Waals surface area (Å²) in [5.41, 5.74) is 1.02. The van der Waals surface area contributed by atoms with Crippen LogP contribution in [-0.4, -0.2) is 15.2 Å². The summed E-state index contributed by atoms with van der Waals surface area (Å²) in [4.78, 5) is 4.27. The first-order valence-corrected chi connectivity index (χ1v) is 6.58. The third kappa shape index (κ3) is 3.06. The maximum absolute atomic E-state index is 12.6. The fourth-order valence-electron chi connectivity index (χ4n) is 2.03. The minimum atomic E-state index is -4.37. The van der Waals surface area contributed by atoms with Crippen molar-refractivity contribution in [1.82, 2.24) is 15.2 Å². The minimum absolute atomic E-state index is 0.373. The zero-order valence-electron chi connectivity index (χ0n) is 11.6. The molecule has 3 rings (SSSR count). The number of hydrogen-bond donors (Lipinski definition) is 1. The lowest BCUT2D eigenvalue weighted by Gasteiger charge is -2.06. The Balaban J connectivity index is 1.88. The predicted octanol–water partition coefficient (Wildman–Crippen LogP) is 4.03. The predicted molar refractivity (Wildman–Crippen MR) is 77.0 cm³/mol. The number of benzene rings is 2. The van der Waals surface area contributed by atoms with Gasteiger partial charge in [0.2, 0.25) is 0 Å². The molecule has 0 saturated carbocycles. The van der Waals surface area contributed by atoms with E-state index in [1.165, 1.54) is 12.1 Å². The van der Waals surface area contributed by atoms with Gasteiger partial charge in [0, 0.05) is 11.1 Å². The van der Waals surface area contributed by atoms with Gasteiger partial charge in [0.25, 0.3) is 0 Å². The van der Waals surface area contributed by atoms with Crippen molar-refractivity contribution >= 4 is 0 Å². The zero-order chi connectivity index (χ0) is 16.4. The molecule has 2 aromatic carbocycles. The monoisotopic (exact) mass is 314 g/mol. The number of H-pyrrole nitrogens is 1. The molecule has 3 aromatic rings. The Morgan fingerprint density at radius 1 is 0.913 bits per heavy atom. The summed E-state index contributed by atoms with van der Waals surface area (Å²) in [6.07, 6.45) is -4.37. The number of hydrogen-bond acceptors (Lipinski definition) is 3. The number of rotatable bonds is 2.